The van der Waals surface area contributed by atoms with E-state index in [1.54, 1.807) is 12.1 Å². The molecule has 1 heterocycles. The van der Waals surface area contributed by atoms with Crippen molar-refractivity contribution >= 4 is 21.6 Å². The molecule has 0 aliphatic carbocycles. The van der Waals surface area contributed by atoms with Gasteiger partial charge in [-0.2, -0.15) is 4.31 Å². The number of aryl methyl sites for hydroxylation is 2. The van der Waals surface area contributed by atoms with Crippen molar-refractivity contribution in [1.82, 2.24) is 4.31 Å². The minimum atomic E-state index is -3.75. The Bertz CT molecular complexity index is 1350. The van der Waals surface area contributed by atoms with Gasteiger partial charge in [0.25, 0.3) is 0 Å². The molecular formula is C37H54ClN2O3S+. The topological polar surface area (TPSA) is 50.5 Å². The maximum absolute atomic E-state index is 13.8. The molecule has 0 atom stereocenters. The smallest absolute Gasteiger partial charge is 0.243 e. The molecule has 0 saturated carbocycles. The number of benzene rings is 2. The summed E-state index contributed by atoms with van der Waals surface area (Å²) in [5.74, 6) is 0.648. The van der Waals surface area contributed by atoms with Crippen molar-refractivity contribution in [3.63, 3.8) is 0 Å². The summed E-state index contributed by atoms with van der Waals surface area (Å²) in [7, 11) is -3.75. The first-order valence-corrected chi connectivity index (χ1v) is 18.6. The molecular weight excluding hydrogens is 588 g/mol. The highest BCUT2D eigenvalue weighted by atomic mass is 35.5. The van der Waals surface area contributed by atoms with Gasteiger partial charge in [0, 0.05) is 31.1 Å². The SMILES string of the molecule is CCCCCCCCCCCCCCOc1ccc(CN(Cc2ccc[n+](CCC)c2)S(=O)(=O)c2ccc(C)cc2)cc1Cl. The van der Waals surface area contributed by atoms with Crippen LogP contribution in [0.3, 0.4) is 0 Å². The second kappa shape index (κ2) is 19.9. The molecule has 0 radical (unpaired) electrons. The maximum atomic E-state index is 13.8. The van der Waals surface area contributed by atoms with Gasteiger partial charge in [-0.1, -0.05) is 120 Å². The molecule has 0 fully saturated rings. The maximum Gasteiger partial charge on any atom is 0.243 e. The third kappa shape index (κ3) is 12.5. The lowest BCUT2D eigenvalue weighted by Gasteiger charge is -2.23. The van der Waals surface area contributed by atoms with Crippen LogP contribution in [0.25, 0.3) is 0 Å². The van der Waals surface area contributed by atoms with Gasteiger partial charge >= 0.3 is 0 Å². The number of hydrogen-bond acceptors (Lipinski definition) is 3. The van der Waals surface area contributed by atoms with Crippen LogP contribution in [-0.2, 0) is 29.7 Å². The second-order valence-corrected chi connectivity index (χ2v) is 14.4. The first-order valence-electron chi connectivity index (χ1n) is 16.8. The highest BCUT2D eigenvalue weighted by Gasteiger charge is 2.26. The van der Waals surface area contributed by atoms with Gasteiger partial charge in [-0.25, -0.2) is 13.0 Å². The van der Waals surface area contributed by atoms with Crippen molar-refractivity contribution in [2.45, 2.75) is 129 Å². The van der Waals surface area contributed by atoms with Crippen LogP contribution in [0.15, 0.2) is 71.9 Å². The van der Waals surface area contributed by atoms with Crippen molar-refractivity contribution < 1.29 is 17.7 Å². The molecule has 1 aromatic heterocycles. The molecule has 3 aromatic rings. The van der Waals surface area contributed by atoms with E-state index in [9.17, 15) is 8.42 Å². The van der Waals surface area contributed by atoms with Crippen LogP contribution in [-0.4, -0.2) is 19.3 Å². The Labute approximate surface area is 272 Å². The first kappa shape index (κ1) is 36.1. The molecule has 242 valence electrons. The van der Waals surface area contributed by atoms with E-state index in [4.69, 9.17) is 16.3 Å². The number of hydrogen-bond donors (Lipinski definition) is 0. The van der Waals surface area contributed by atoms with Crippen molar-refractivity contribution in [3.05, 3.63) is 88.7 Å². The van der Waals surface area contributed by atoms with Crippen molar-refractivity contribution in [2.75, 3.05) is 6.61 Å². The van der Waals surface area contributed by atoms with Crippen LogP contribution in [0.2, 0.25) is 5.02 Å². The Balaban J connectivity index is 1.54. The van der Waals surface area contributed by atoms with E-state index < -0.39 is 10.0 Å². The van der Waals surface area contributed by atoms with E-state index in [0.717, 1.165) is 42.5 Å². The average molecular weight is 642 g/mol. The van der Waals surface area contributed by atoms with Gasteiger partial charge in [0.1, 0.15) is 12.3 Å². The lowest BCUT2D eigenvalue weighted by Crippen LogP contribution is -2.35. The zero-order valence-corrected chi connectivity index (χ0v) is 28.8. The summed E-state index contributed by atoms with van der Waals surface area (Å²) in [4.78, 5) is 0.286. The van der Waals surface area contributed by atoms with Crippen LogP contribution < -0.4 is 9.30 Å². The van der Waals surface area contributed by atoms with Gasteiger partial charge < -0.3 is 4.74 Å². The summed E-state index contributed by atoms with van der Waals surface area (Å²) in [5, 5.41) is 0.509. The quantitative estimate of drug-likeness (QED) is 0.0810. The fourth-order valence-electron chi connectivity index (χ4n) is 5.44. The molecule has 0 saturated heterocycles. The lowest BCUT2D eigenvalue weighted by atomic mass is 10.1. The third-order valence-electron chi connectivity index (χ3n) is 8.03. The largest absolute Gasteiger partial charge is 0.492 e. The van der Waals surface area contributed by atoms with E-state index >= 15 is 0 Å². The van der Waals surface area contributed by atoms with Crippen LogP contribution in [0.5, 0.6) is 5.75 Å². The number of nitrogens with zero attached hydrogens (tertiary/aromatic N) is 2. The molecule has 7 heteroatoms. The fraction of sp³-hybridized carbons (Fsp3) is 0.541. The number of sulfonamides is 1. The molecule has 5 nitrogen and oxygen atoms in total. The molecule has 3 rings (SSSR count). The molecule has 44 heavy (non-hydrogen) atoms. The Kier molecular flexibility index (Phi) is 16.3. The number of unbranched alkanes of at least 4 members (excludes halogenated alkanes) is 11. The molecule has 0 aliphatic rings. The summed E-state index contributed by atoms with van der Waals surface area (Å²) in [6.07, 6.45) is 20.7. The number of pyridine rings is 1. The summed E-state index contributed by atoms with van der Waals surface area (Å²) >= 11 is 6.63. The Morgan fingerprint density at radius 3 is 1.98 bits per heavy atom. The van der Waals surface area contributed by atoms with E-state index in [0.29, 0.717) is 17.4 Å². The molecule has 0 spiro atoms. The molecule has 0 N–H and O–H groups in total. The van der Waals surface area contributed by atoms with Gasteiger partial charge in [-0.05, 0) is 49.2 Å². The van der Waals surface area contributed by atoms with E-state index in [2.05, 4.69) is 18.4 Å². The molecule has 2 aromatic carbocycles. The highest BCUT2D eigenvalue weighted by Crippen LogP contribution is 2.28. The van der Waals surface area contributed by atoms with Crippen molar-refractivity contribution in [3.8, 4) is 5.75 Å². The molecule has 0 bridgehead atoms. The summed E-state index contributed by atoms with van der Waals surface area (Å²) in [6.45, 7) is 8.33. The zero-order chi connectivity index (χ0) is 31.6. The second-order valence-electron chi connectivity index (χ2n) is 12.0. The third-order valence-corrected chi connectivity index (χ3v) is 10.1. The van der Waals surface area contributed by atoms with Crippen LogP contribution in [0, 0.1) is 6.92 Å². The Hall–Kier alpha value is -2.41. The lowest BCUT2D eigenvalue weighted by molar-refractivity contribution is -0.697. The zero-order valence-electron chi connectivity index (χ0n) is 27.3. The van der Waals surface area contributed by atoms with Gasteiger partial charge in [-0.3, -0.25) is 0 Å². The fourth-order valence-corrected chi connectivity index (χ4v) is 7.12. The van der Waals surface area contributed by atoms with Crippen LogP contribution in [0.4, 0.5) is 0 Å². The van der Waals surface area contributed by atoms with Crippen molar-refractivity contribution in [2.24, 2.45) is 0 Å². The average Bonchev–Trinajstić information content (AvgIpc) is 3.00. The first-order chi connectivity index (χ1) is 21.3. The number of ether oxygens (including phenoxy) is 1. The monoisotopic (exact) mass is 641 g/mol. The van der Waals surface area contributed by atoms with Gasteiger partial charge in [0.15, 0.2) is 12.4 Å². The van der Waals surface area contributed by atoms with Crippen LogP contribution in [0.1, 0.15) is 114 Å². The van der Waals surface area contributed by atoms with E-state index in [-0.39, 0.29) is 18.0 Å². The van der Waals surface area contributed by atoms with Gasteiger partial charge in [0.05, 0.1) is 16.5 Å². The number of aromatic nitrogens is 1. The molecule has 0 amide bonds. The summed E-state index contributed by atoms with van der Waals surface area (Å²) in [5.41, 5.74) is 2.77. The minimum absolute atomic E-state index is 0.206. The molecule has 0 aliphatic heterocycles. The van der Waals surface area contributed by atoms with E-state index in [1.807, 2.05) is 61.8 Å². The normalized spacial score (nSPS) is 11.8. The van der Waals surface area contributed by atoms with Crippen molar-refractivity contribution in [1.29, 1.82) is 0 Å². The standard InChI is InChI=1S/C37H54ClN2O3S/c1-4-6-7-8-9-10-11-12-13-14-15-16-27-43-37-24-21-33(28-36(37)38)30-40(31-34-18-17-26-39(29-34)25-5-2)44(41,42)35-22-19-32(3)20-23-35/h17-24,26,28-29H,4-16,25,27,30-31H2,1-3H3/q+1. The summed E-state index contributed by atoms with van der Waals surface area (Å²) < 4.78 is 37.3. The predicted molar refractivity (Wildman–Crippen MR) is 183 cm³/mol. The minimum Gasteiger partial charge on any atom is -0.492 e. The Morgan fingerprint density at radius 2 is 1.36 bits per heavy atom. The number of halogens is 1. The predicted octanol–water partition coefficient (Wildman–Crippen LogP) is 9.82. The highest BCUT2D eigenvalue weighted by molar-refractivity contribution is 7.89. The number of rotatable bonds is 22. The Morgan fingerprint density at radius 1 is 0.750 bits per heavy atom. The van der Waals surface area contributed by atoms with E-state index in [1.165, 1.54) is 68.5 Å². The van der Waals surface area contributed by atoms with Gasteiger partial charge in [0.2, 0.25) is 10.0 Å². The summed E-state index contributed by atoms with van der Waals surface area (Å²) in [6, 6.07) is 16.6. The van der Waals surface area contributed by atoms with Crippen LogP contribution >= 0.6 is 11.6 Å². The van der Waals surface area contributed by atoms with Gasteiger partial charge in [-0.15, -0.1) is 0 Å². The molecule has 0 unspecified atom stereocenters.